The maximum Gasteiger partial charge on any atom is 0.240 e. The number of ether oxygens (including phenoxy) is 2. The van der Waals surface area contributed by atoms with E-state index in [0.29, 0.717) is 30.4 Å². The van der Waals surface area contributed by atoms with Gasteiger partial charge in [-0.2, -0.15) is 0 Å². The van der Waals surface area contributed by atoms with Crippen LogP contribution in [0.3, 0.4) is 0 Å². The number of sulfonamides is 1. The number of nitrogens with zero attached hydrogens (tertiary/aromatic N) is 1. The average molecular weight is 397 g/mol. The van der Waals surface area contributed by atoms with E-state index in [0.717, 1.165) is 25.9 Å². The van der Waals surface area contributed by atoms with Crippen LogP contribution < -0.4 is 10.0 Å². The lowest BCUT2D eigenvalue weighted by Gasteiger charge is -2.33. The van der Waals surface area contributed by atoms with Gasteiger partial charge in [0, 0.05) is 11.6 Å². The number of nitrogens with one attached hydrogen (secondary N) is 2. The Kier molecular flexibility index (Phi) is 6.48. The first kappa shape index (κ1) is 20.2. The fourth-order valence-electron chi connectivity index (χ4n) is 3.51. The summed E-state index contributed by atoms with van der Waals surface area (Å²) < 4.78 is 37.6. The molecule has 0 unspecified atom stereocenters. The molecule has 0 bridgehead atoms. The number of carbonyl (C=O) groups excluding carboxylic acids is 1. The molecule has 2 heterocycles. The van der Waals surface area contributed by atoms with Gasteiger partial charge >= 0.3 is 0 Å². The SMILES string of the molecule is CNS(=O)(=O)c1cc(NC(=O)CN2CCC(C3OCCO3)CC2)ccc1C. The fraction of sp³-hybridized carbons (Fsp3) is 0.611. The van der Waals surface area contributed by atoms with Crippen molar-refractivity contribution in [2.45, 2.75) is 31.0 Å². The Labute approximate surface area is 160 Å². The molecule has 1 aromatic rings. The molecule has 0 radical (unpaired) electrons. The molecule has 8 nitrogen and oxygen atoms in total. The van der Waals surface area contributed by atoms with Crippen molar-refractivity contribution >= 4 is 21.6 Å². The number of rotatable bonds is 6. The van der Waals surface area contributed by atoms with E-state index >= 15 is 0 Å². The van der Waals surface area contributed by atoms with Crippen molar-refractivity contribution in [2.24, 2.45) is 5.92 Å². The van der Waals surface area contributed by atoms with E-state index in [1.807, 2.05) is 0 Å². The maximum atomic E-state index is 12.4. The van der Waals surface area contributed by atoms with Crippen LogP contribution >= 0.6 is 0 Å². The van der Waals surface area contributed by atoms with Crippen molar-refractivity contribution in [2.75, 3.05) is 45.2 Å². The second kappa shape index (κ2) is 8.66. The molecule has 2 fully saturated rings. The quantitative estimate of drug-likeness (QED) is 0.741. The molecule has 1 amide bonds. The Bertz CT molecular complexity index is 769. The Balaban J connectivity index is 1.53. The molecule has 0 aromatic heterocycles. The summed E-state index contributed by atoms with van der Waals surface area (Å²) in [6.45, 7) is 4.95. The van der Waals surface area contributed by atoms with Crippen LogP contribution in [0.4, 0.5) is 5.69 Å². The lowest BCUT2D eigenvalue weighted by atomic mass is 9.96. The number of aryl methyl sites for hydroxylation is 1. The third-order valence-electron chi connectivity index (χ3n) is 5.06. The summed E-state index contributed by atoms with van der Waals surface area (Å²) >= 11 is 0. The summed E-state index contributed by atoms with van der Waals surface area (Å²) in [5.74, 6) is 0.233. The Morgan fingerprint density at radius 1 is 1.22 bits per heavy atom. The fourth-order valence-corrected chi connectivity index (χ4v) is 4.51. The molecule has 1 aromatic carbocycles. The minimum absolute atomic E-state index is 0.0962. The van der Waals surface area contributed by atoms with Crippen LogP contribution in [0, 0.1) is 12.8 Å². The molecule has 150 valence electrons. The standard InChI is InChI=1S/C18H27N3O5S/c1-13-3-4-15(11-16(13)27(23,24)19-2)20-17(22)12-21-7-5-14(6-8-21)18-25-9-10-26-18/h3-4,11,14,18-19H,5-10,12H2,1-2H3,(H,20,22). The molecule has 0 saturated carbocycles. The van der Waals surface area contributed by atoms with Crippen LogP contribution in [0.5, 0.6) is 0 Å². The van der Waals surface area contributed by atoms with Gasteiger partial charge in [0.05, 0.1) is 24.7 Å². The average Bonchev–Trinajstić information content (AvgIpc) is 3.18. The minimum Gasteiger partial charge on any atom is -0.350 e. The smallest absolute Gasteiger partial charge is 0.240 e. The Hall–Kier alpha value is -1.52. The third-order valence-corrected chi connectivity index (χ3v) is 6.62. The molecule has 3 rings (SSSR count). The lowest BCUT2D eigenvalue weighted by Crippen LogP contribution is -2.41. The molecule has 9 heteroatoms. The Morgan fingerprint density at radius 3 is 2.52 bits per heavy atom. The van der Waals surface area contributed by atoms with Gasteiger partial charge in [-0.15, -0.1) is 0 Å². The van der Waals surface area contributed by atoms with E-state index in [2.05, 4.69) is 14.9 Å². The van der Waals surface area contributed by atoms with Gasteiger partial charge in [-0.25, -0.2) is 13.1 Å². The highest BCUT2D eigenvalue weighted by atomic mass is 32.2. The number of likely N-dealkylation sites (tertiary alicyclic amines) is 1. The van der Waals surface area contributed by atoms with Crippen molar-refractivity contribution in [3.05, 3.63) is 23.8 Å². The topological polar surface area (TPSA) is 97.0 Å². The van der Waals surface area contributed by atoms with Crippen LogP contribution in [0.2, 0.25) is 0 Å². The van der Waals surface area contributed by atoms with E-state index in [-0.39, 0.29) is 23.6 Å². The Morgan fingerprint density at radius 2 is 1.89 bits per heavy atom. The third kappa shape index (κ3) is 5.05. The number of amides is 1. The molecule has 0 aliphatic carbocycles. The van der Waals surface area contributed by atoms with E-state index in [4.69, 9.17) is 9.47 Å². The minimum atomic E-state index is -3.56. The molecular formula is C18H27N3O5S. The van der Waals surface area contributed by atoms with Gasteiger partial charge in [0.25, 0.3) is 0 Å². The molecule has 0 atom stereocenters. The van der Waals surface area contributed by atoms with Crippen molar-refractivity contribution in [1.82, 2.24) is 9.62 Å². The zero-order valence-electron chi connectivity index (χ0n) is 15.7. The first-order chi connectivity index (χ1) is 12.9. The highest BCUT2D eigenvalue weighted by Crippen LogP contribution is 2.26. The van der Waals surface area contributed by atoms with Crippen LogP contribution in [0.25, 0.3) is 0 Å². The number of benzene rings is 1. The van der Waals surface area contributed by atoms with E-state index in [1.54, 1.807) is 19.1 Å². The van der Waals surface area contributed by atoms with Crippen LogP contribution in [-0.4, -0.2) is 65.4 Å². The van der Waals surface area contributed by atoms with Crippen molar-refractivity contribution < 1.29 is 22.7 Å². The predicted molar refractivity (Wildman–Crippen MR) is 101 cm³/mol. The van der Waals surface area contributed by atoms with Crippen LogP contribution in [0.1, 0.15) is 18.4 Å². The van der Waals surface area contributed by atoms with Gasteiger partial charge in [0.1, 0.15) is 0 Å². The highest BCUT2D eigenvalue weighted by Gasteiger charge is 2.30. The molecule has 2 aliphatic rings. The number of hydrogen-bond acceptors (Lipinski definition) is 6. The lowest BCUT2D eigenvalue weighted by molar-refractivity contribution is -0.119. The van der Waals surface area contributed by atoms with E-state index in [1.165, 1.54) is 13.1 Å². The van der Waals surface area contributed by atoms with Crippen LogP contribution in [0.15, 0.2) is 23.1 Å². The van der Waals surface area contributed by atoms with E-state index < -0.39 is 10.0 Å². The second-order valence-electron chi connectivity index (χ2n) is 6.96. The van der Waals surface area contributed by atoms with Gasteiger partial charge in [0.15, 0.2) is 6.29 Å². The first-order valence-electron chi connectivity index (χ1n) is 9.18. The van der Waals surface area contributed by atoms with Gasteiger partial charge in [0.2, 0.25) is 15.9 Å². The second-order valence-corrected chi connectivity index (χ2v) is 8.81. The van der Waals surface area contributed by atoms with Crippen LogP contribution in [-0.2, 0) is 24.3 Å². The summed E-state index contributed by atoms with van der Waals surface area (Å²) in [5.41, 5.74) is 1.10. The summed E-state index contributed by atoms with van der Waals surface area (Å²) in [4.78, 5) is 14.6. The van der Waals surface area contributed by atoms with Gasteiger partial charge < -0.3 is 14.8 Å². The molecule has 2 saturated heterocycles. The first-order valence-corrected chi connectivity index (χ1v) is 10.7. The summed E-state index contributed by atoms with van der Waals surface area (Å²) in [6.07, 6.45) is 1.78. The molecule has 2 N–H and O–H groups in total. The van der Waals surface area contributed by atoms with E-state index in [9.17, 15) is 13.2 Å². The van der Waals surface area contributed by atoms with Crippen molar-refractivity contribution in [3.63, 3.8) is 0 Å². The summed E-state index contributed by atoms with van der Waals surface area (Å²) in [7, 11) is -2.20. The van der Waals surface area contributed by atoms with Gasteiger partial charge in [-0.05, 0) is 57.6 Å². The molecular weight excluding hydrogens is 370 g/mol. The largest absolute Gasteiger partial charge is 0.350 e. The van der Waals surface area contributed by atoms with Gasteiger partial charge in [-0.1, -0.05) is 6.07 Å². The zero-order chi connectivity index (χ0) is 19.4. The summed E-state index contributed by atoms with van der Waals surface area (Å²) in [5, 5.41) is 2.80. The maximum absolute atomic E-state index is 12.4. The highest BCUT2D eigenvalue weighted by molar-refractivity contribution is 7.89. The van der Waals surface area contributed by atoms with Gasteiger partial charge in [-0.3, -0.25) is 9.69 Å². The number of hydrogen-bond donors (Lipinski definition) is 2. The predicted octanol–water partition coefficient (Wildman–Crippen LogP) is 0.927. The zero-order valence-corrected chi connectivity index (χ0v) is 16.5. The van der Waals surface area contributed by atoms with Crippen molar-refractivity contribution in [1.29, 1.82) is 0 Å². The molecule has 0 spiro atoms. The summed E-state index contributed by atoms with van der Waals surface area (Å²) in [6, 6.07) is 4.88. The molecule has 2 aliphatic heterocycles. The van der Waals surface area contributed by atoms with Crippen molar-refractivity contribution in [3.8, 4) is 0 Å². The molecule has 27 heavy (non-hydrogen) atoms. The number of anilines is 1. The number of piperidine rings is 1. The number of carbonyl (C=O) groups is 1. The monoisotopic (exact) mass is 397 g/mol. The normalized spacial score (nSPS) is 20.1.